The molecule has 0 amide bonds. The van der Waals surface area contributed by atoms with Gasteiger partial charge in [0, 0.05) is 0 Å². The summed E-state index contributed by atoms with van der Waals surface area (Å²) in [5, 5.41) is 0. The summed E-state index contributed by atoms with van der Waals surface area (Å²) in [6, 6.07) is 7.27. The topological polar surface area (TPSA) is 61.8 Å². The van der Waals surface area contributed by atoms with Gasteiger partial charge in [0.25, 0.3) is 10.1 Å². The quantitative estimate of drug-likeness (QED) is 0.541. The van der Waals surface area contributed by atoms with Gasteiger partial charge in [0.1, 0.15) is 13.2 Å². The predicted octanol–water partition coefficient (Wildman–Crippen LogP) is 2.08. The van der Waals surface area contributed by atoms with E-state index >= 15 is 0 Å². The summed E-state index contributed by atoms with van der Waals surface area (Å²) in [7, 11) is -3.42. The van der Waals surface area contributed by atoms with Crippen LogP contribution in [0.15, 0.2) is 24.3 Å². The molecule has 0 saturated heterocycles. The molecule has 0 unspecified atom stereocenters. The summed E-state index contributed by atoms with van der Waals surface area (Å²) >= 11 is 0. The molecule has 0 aliphatic rings. The summed E-state index contributed by atoms with van der Waals surface area (Å²) in [5.41, 5.74) is 0. The molecule has 0 bridgehead atoms. The van der Waals surface area contributed by atoms with Gasteiger partial charge in [-0.15, -0.1) is 0 Å². The fourth-order valence-corrected chi connectivity index (χ4v) is 1.65. The van der Waals surface area contributed by atoms with Crippen LogP contribution in [0.5, 0.6) is 11.5 Å². The molecule has 0 N–H and O–H groups in total. The van der Waals surface area contributed by atoms with Crippen molar-refractivity contribution in [3.8, 4) is 11.5 Å². The van der Waals surface area contributed by atoms with Crippen LogP contribution >= 0.6 is 0 Å². The Kier molecular flexibility index (Phi) is 6.11. The normalized spacial score (nSPS) is 11.6. The van der Waals surface area contributed by atoms with Crippen molar-refractivity contribution in [1.29, 1.82) is 0 Å². The number of para-hydroxylation sites is 2. The highest BCUT2D eigenvalue weighted by Gasteiger charge is 2.06. The maximum atomic E-state index is 10.8. The standard InChI is InChI=1S/C13H20O5S/c1-11(2)10-17-13-7-5-4-6-12(13)16-8-9-18-19(3,14)15/h4-7,11H,8-10H2,1-3H3. The van der Waals surface area contributed by atoms with E-state index in [9.17, 15) is 8.42 Å². The molecule has 0 spiro atoms. The first kappa shape index (κ1) is 15.8. The van der Waals surface area contributed by atoms with E-state index in [1.165, 1.54) is 0 Å². The summed E-state index contributed by atoms with van der Waals surface area (Å²) in [6.07, 6.45) is 1.01. The van der Waals surface area contributed by atoms with E-state index in [2.05, 4.69) is 18.0 Å². The third kappa shape index (κ3) is 7.03. The Balaban J connectivity index is 2.48. The van der Waals surface area contributed by atoms with Gasteiger partial charge in [-0.25, -0.2) is 0 Å². The van der Waals surface area contributed by atoms with Gasteiger partial charge >= 0.3 is 0 Å². The van der Waals surface area contributed by atoms with Crippen molar-refractivity contribution >= 4 is 10.1 Å². The minimum absolute atomic E-state index is 0.0165. The average molecular weight is 288 g/mol. The Morgan fingerprint density at radius 3 is 2.16 bits per heavy atom. The smallest absolute Gasteiger partial charge is 0.264 e. The Morgan fingerprint density at radius 2 is 1.63 bits per heavy atom. The van der Waals surface area contributed by atoms with Crippen molar-refractivity contribution in [1.82, 2.24) is 0 Å². The molecule has 108 valence electrons. The molecule has 0 aliphatic heterocycles. The van der Waals surface area contributed by atoms with E-state index in [1.807, 2.05) is 18.2 Å². The molecule has 1 aromatic carbocycles. The maximum Gasteiger partial charge on any atom is 0.264 e. The number of hydrogen-bond acceptors (Lipinski definition) is 5. The first-order valence-corrected chi connectivity index (χ1v) is 7.89. The Hall–Kier alpha value is -1.27. The molecule has 0 saturated carbocycles. The zero-order chi connectivity index (χ0) is 14.3. The average Bonchev–Trinajstić information content (AvgIpc) is 2.32. The summed E-state index contributed by atoms with van der Waals surface area (Å²) in [4.78, 5) is 0. The van der Waals surface area contributed by atoms with Crippen LogP contribution in [0.25, 0.3) is 0 Å². The van der Waals surface area contributed by atoms with Crippen molar-refractivity contribution in [2.45, 2.75) is 13.8 Å². The monoisotopic (exact) mass is 288 g/mol. The highest BCUT2D eigenvalue weighted by atomic mass is 32.2. The van der Waals surface area contributed by atoms with Crippen molar-refractivity contribution in [2.24, 2.45) is 5.92 Å². The van der Waals surface area contributed by atoms with E-state index in [0.29, 0.717) is 24.0 Å². The van der Waals surface area contributed by atoms with Gasteiger partial charge in [-0.1, -0.05) is 26.0 Å². The molecular weight excluding hydrogens is 268 g/mol. The summed E-state index contributed by atoms with van der Waals surface area (Å²) in [6.45, 7) is 4.85. The van der Waals surface area contributed by atoms with Crippen LogP contribution in [0.4, 0.5) is 0 Å². The van der Waals surface area contributed by atoms with Crippen molar-refractivity contribution < 1.29 is 22.1 Å². The van der Waals surface area contributed by atoms with E-state index in [4.69, 9.17) is 9.47 Å². The minimum Gasteiger partial charge on any atom is -0.489 e. The van der Waals surface area contributed by atoms with Gasteiger partial charge < -0.3 is 9.47 Å². The van der Waals surface area contributed by atoms with Crippen LogP contribution in [-0.2, 0) is 14.3 Å². The van der Waals surface area contributed by atoms with Crippen LogP contribution in [0.1, 0.15) is 13.8 Å². The number of benzene rings is 1. The van der Waals surface area contributed by atoms with Crippen LogP contribution in [0.2, 0.25) is 0 Å². The van der Waals surface area contributed by atoms with Crippen LogP contribution < -0.4 is 9.47 Å². The minimum atomic E-state index is -3.42. The first-order chi connectivity index (χ1) is 8.88. The largest absolute Gasteiger partial charge is 0.489 e. The second-order valence-corrected chi connectivity index (χ2v) is 6.17. The van der Waals surface area contributed by atoms with Gasteiger partial charge in [0.05, 0.1) is 12.9 Å². The second kappa shape index (κ2) is 7.35. The molecule has 19 heavy (non-hydrogen) atoms. The van der Waals surface area contributed by atoms with Crippen molar-refractivity contribution in [3.05, 3.63) is 24.3 Å². The SMILES string of the molecule is CC(C)COc1ccccc1OCCOS(C)(=O)=O. The summed E-state index contributed by atoms with van der Waals surface area (Å²) < 4.78 is 37.2. The van der Waals surface area contributed by atoms with Crippen molar-refractivity contribution in [3.63, 3.8) is 0 Å². The molecule has 0 aliphatic carbocycles. The lowest BCUT2D eigenvalue weighted by Crippen LogP contribution is -2.12. The fraction of sp³-hybridized carbons (Fsp3) is 0.538. The lowest BCUT2D eigenvalue weighted by Gasteiger charge is -2.13. The summed E-state index contributed by atoms with van der Waals surface area (Å²) in [5.74, 6) is 1.65. The zero-order valence-corrected chi connectivity index (χ0v) is 12.3. The van der Waals surface area contributed by atoms with Gasteiger partial charge in [-0.05, 0) is 18.1 Å². The molecule has 0 heterocycles. The lowest BCUT2D eigenvalue weighted by molar-refractivity contribution is 0.206. The van der Waals surface area contributed by atoms with Crippen LogP contribution in [-0.4, -0.2) is 34.5 Å². The molecule has 1 aromatic rings. The zero-order valence-electron chi connectivity index (χ0n) is 11.5. The first-order valence-electron chi connectivity index (χ1n) is 6.07. The van der Waals surface area contributed by atoms with E-state index in [0.717, 1.165) is 6.26 Å². The molecule has 0 aromatic heterocycles. The van der Waals surface area contributed by atoms with Gasteiger partial charge in [0.15, 0.2) is 11.5 Å². The molecular formula is C13H20O5S. The molecule has 0 fully saturated rings. The highest BCUT2D eigenvalue weighted by molar-refractivity contribution is 7.85. The third-order valence-corrected chi connectivity index (χ3v) is 2.65. The number of hydrogen-bond donors (Lipinski definition) is 0. The Morgan fingerprint density at radius 1 is 1.05 bits per heavy atom. The molecule has 0 atom stereocenters. The van der Waals surface area contributed by atoms with E-state index in [-0.39, 0.29) is 13.2 Å². The van der Waals surface area contributed by atoms with Crippen LogP contribution in [0.3, 0.4) is 0 Å². The highest BCUT2D eigenvalue weighted by Crippen LogP contribution is 2.26. The van der Waals surface area contributed by atoms with E-state index in [1.54, 1.807) is 6.07 Å². The Bertz CT molecular complexity index is 482. The molecule has 5 nitrogen and oxygen atoms in total. The predicted molar refractivity (Wildman–Crippen MR) is 73.1 cm³/mol. The third-order valence-electron chi connectivity index (χ3n) is 2.06. The number of rotatable bonds is 8. The van der Waals surface area contributed by atoms with Gasteiger partial charge in [-0.2, -0.15) is 8.42 Å². The van der Waals surface area contributed by atoms with E-state index < -0.39 is 10.1 Å². The van der Waals surface area contributed by atoms with Crippen molar-refractivity contribution in [2.75, 3.05) is 26.1 Å². The lowest BCUT2D eigenvalue weighted by atomic mass is 10.2. The fourth-order valence-electron chi connectivity index (χ4n) is 1.28. The van der Waals surface area contributed by atoms with Gasteiger partial charge in [0.2, 0.25) is 0 Å². The molecule has 6 heteroatoms. The van der Waals surface area contributed by atoms with Crippen LogP contribution in [0, 0.1) is 5.92 Å². The maximum absolute atomic E-state index is 10.8. The molecule has 0 radical (unpaired) electrons. The molecule has 1 rings (SSSR count). The van der Waals surface area contributed by atoms with Gasteiger partial charge in [-0.3, -0.25) is 4.18 Å². The Labute approximate surface area is 114 Å². The second-order valence-electron chi connectivity index (χ2n) is 4.53. The number of ether oxygens (including phenoxy) is 2.